The molecule has 1 aliphatic rings. The Morgan fingerprint density at radius 1 is 1.33 bits per heavy atom. The molecule has 0 fully saturated rings. The van der Waals surface area contributed by atoms with Crippen LogP contribution in [0, 0.1) is 13.8 Å². The Morgan fingerprint density at radius 3 is 2.79 bits per heavy atom. The highest BCUT2D eigenvalue weighted by atomic mass is 19.4. The van der Waals surface area contributed by atoms with E-state index < -0.39 is 12.7 Å². The molecule has 0 radical (unpaired) electrons. The number of halogens is 3. The standard InChI is InChI=1S/C16H17F3N4O/c1-10-13(11(2)23(21-10)9-16(17,18)19)7-15(24)22-6-4-12-8-20-5-3-14(12)22/h3,5,8H,4,6-7,9H2,1-2H3. The number of anilines is 1. The number of alkyl halides is 3. The van der Waals surface area contributed by atoms with Gasteiger partial charge >= 0.3 is 6.18 Å². The number of nitrogens with zero attached hydrogens (tertiary/aromatic N) is 4. The van der Waals surface area contributed by atoms with Crippen molar-refractivity contribution in [3.63, 3.8) is 0 Å². The summed E-state index contributed by atoms with van der Waals surface area (Å²) in [7, 11) is 0. The second kappa shape index (κ2) is 5.92. The van der Waals surface area contributed by atoms with E-state index in [0.29, 0.717) is 23.5 Å². The Labute approximate surface area is 137 Å². The normalized spacial score (nSPS) is 14.1. The number of carbonyl (C=O) groups is 1. The Bertz CT molecular complexity index is 782. The van der Waals surface area contributed by atoms with Crippen molar-refractivity contribution in [3.8, 4) is 0 Å². The molecular formula is C16H17F3N4O. The zero-order valence-electron chi connectivity index (χ0n) is 13.4. The average molecular weight is 338 g/mol. The first-order valence-corrected chi connectivity index (χ1v) is 7.59. The van der Waals surface area contributed by atoms with Gasteiger partial charge in [-0.25, -0.2) is 0 Å². The van der Waals surface area contributed by atoms with Gasteiger partial charge in [-0.2, -0.15) is 18.3 Å². The van der Waals surface area contributed by atoms with Gasteiger partial charge in [0.15, 0.2) is 0 Å². The van der Waals surface area contributed by atoms with Gasteiger partial charge in [0, 0.05) is 35.9 Å². The van der Waals surface area contributed by atoms with Gasteiger partial charge in [0.05, 0.1) is 12.1 Å². The number of hydrogen-bond acceptors (Lipinski definition) is 3. The third-order valence-electron chi connectivity index (χ3n) is 4.26. The number of rotatable bonds is 3. The minimum absolute atomic E-state index is 0.0390. The summed E-state index contributed by atoms with van der Waals surface area (Å²) in [5, 5.41) is 3.94. The van der Waals surface area contributed by atoms with Crippen molar-refractivity contribution in [2.75, 3.05) is 11.4 Å². The van der Waals surface area contributed by atoms with E-state index in [1.54, 1.807) is 37.2 Å². The number of pyridine rings is 1. The van der Waals surface area contributed by atoms with Gasteiger partial charge in [-0.15, -0.1) is 0 Å². The number of fused-ring (bicyclic) bond motifs is 1. The summed E-state index contributed by atoms with van der Waals surface area (Å²) in [5.74, 6) is -0.141. The van der Waals surface area contributed by atoms with Gasteiger partial charge in [0.2, 0.25) is 5.91 Å². The van der Waals surface area contributed by atoms with E-state index in [1.807, 2.05) is 0 Å². The lowest BCUT2D eigenvalue weighted by Crippen LogP contribution is -2.30. The molecule has 0 saturated carbocycles. The second-order valence-corrected chi connectivity index (χ2v) is 5.90. The first-order chi connectivity index (χ1) is 11.3. The molecule has 5 nitrogen and oxygen atoms in total. The molecule has 128 valence electrons. The van der Waals surface area contributed by atoms with Crippen molar-refractivity contribution in [1.29, 1.82) is 0 Å². The van der Waals surface area contributed by atoms with Crippen LogP contribution in [-0.4, -0.2) is 33.4 Å². The maximum Gasteiger partial charge on any atom is 0.408 e. The van der Waals surface area contributed by atoms with Crippen LogP contribution in [0.25, 0.3) is 0 Å². The number of aryl methyl sites for hydroxylation is 1. The molecule has 0 unspecified atom stereocenters. The SMILES string of the molecule is Cc1nn(CC(F)(F)F)c(C)c1CC(=O)N1CCc2cnccc21. The summed E-state index contributed by atoms with van der Waals surface area (Å²) >= 11 is 0. The summed E-state index contributed by atoms with van der Waals surface area (Å²) < 4.78 is 38.7. The zero-order chi connectivity index (χ0) is 17.5. The lowest BCUT2D eigenvalue weighted by molar-refractivity contribution is -0.142. The molecule has 2 aromatic heterocycles. The molecule has 2 aromatic rings. The van der Waals surface area contributed by atoms with E-state index >= 15 is 0 Å². The number of carbonyl (C=O) groups excluding carboxylic acids is 1. The molecule has 3 heterocycles. The Hall–Kier alpha value is -2.38. The van der Waals surface area contributed by atoms with Crippen LogP contribution in [0.2, 0.25) is 0 Å². The monoisotopic (exact) mass is 338 g/mol. The van der Waals surface area contributed by atoms with Crippen molar-refractivity contribution in [2.45, 2.75) is 39.4 Å². The number of amides is 1. The van der Waals surface area contributed by atoms with Gasteiger partial charge in [0.1, 0.15) is 6.54 Å². The maximum atomic E-state index is 12.6. The summed E-state index contributed by atoms with van der Waals surface area (Å²) in [6.07, 6.45) is -0.203. The molecule has 0 N–H and O–H groups in total. The average Bonchev–Trinajstić information content (AvgIpc) is 3.03. The molecule has 8 heteroatoms. The Balaban J connectivity index is 1.81. The third-order valence-corrected chi connectivity index (χ3v) is 4.26. The summed E-state index contributed by atoms with van der Waals surface area (Å²) in [6.45, 7) is 2.61. The fourth-order valence-electron chi connectivity index (χ4n) is 3.05. The molecule has 24 heavy (non-hydrogen) atoms. The minimum atomic E-state index is -4.34. The molecule has 0 saturated heterocycles. The van der Waals surface area contributed by atoms with Crippen molar-refractivity contribution in [2.24, 2.45) is 0 Å². The van der Waals surface area contributed by atoms with Gasteiger partial charge < -0.3 is 4.90 Å². The van der Waals surface area contributed by atoms with E-state index in [9.17, 15) is 18.0 Å². The molecule has 0 spiro atoms. The van der Waals surface area contributed by atoms with E-state index in [2.05, 4.69) is 10.1 Å². The molecule has 0 bridgehead atoms. The highest BCUT2D eigenvalue weighted by Crippen LogP contribution is 2.28. The Morgan fingerprint density at radius 2 is 2.08 bits per heavy atom. The predicted molar refractivity (Wildman–Crippen MR) is 81.8 cm³/mol. The van der Waals surface area contributed by atoms with Gasteiger partial charge in [-0.3, -0.25) is 14.5 Å². The summed E-state index contributed by atoms with van der Waals surface area (Å²) in [6, 6.07) is 1.78. The maximum absolute atomic E-state index is 12.6. The van der Waals surface area contributed by atoms with Crippen LogP contribution in [0.1, 0.15) is 22.5 Å². The van der Waals surface area contributed by atoms with Crippen molar-refractivity contribution < 1.29 is 18.0 Å². The third kappa shape index (κ3) is 3.13. The van der Waals surface area contributed by atoms with Crippen LogP contribution in [-0.2, 0) is 24.2 Å². The summed E-state index contributed by atoms with van der Waals surface area (Å²) in [4.78, 5) is 18.3. The smallest absolute Gasteiger partial charge is 0.311 e. The topological polar surface area (TPSA) is 51.0 Å². The predicted octanol–water partition coefficient (Wildman–Crippen LogP) is 2.59. The molecule has 1 aliphatic heterocycles. The summed E-state index contributed by atoms with van der Waals surface area (Å²) in [5.41, 5.74) is 3.23. The van der Waals surface area contributed by atoms with E-state index in [-0.39, 0.29) is 12.3 Å². The molecular weight excluding hydrogens is 321 g/mol. The van der Waals surface area contributed by atoms with E-state index in [1.165, 1.54) is 0 Å². The highest BCUT2D eigenvalue weighted by Gasteiger charge is 2.31. The fraction of sp³-hybridized carbons (Fsp3) is 0.438. The molecule has 3 rings (SSSR count). The van der Waals surface area contributed by atoms with Crippen molar-refractivity contribution in [1.82, 2.24) is 14.8 Å². The van der Waals surface area contributed by atoms with Crippen LogP contribution >= 0.6 is 0 Å². The van der Waals surface area contributed by atoms with Crippen molar-refractivity contribution >= 4 is 11.6 Å². The lowest BCUT2D eigenvalue weighted by Gasteiger charge is -2.17. The fourth-order valence-corrected chi connectivity index (χ4v) is 3.05. The minimum Gasteiger partial charge on any atom is -0.311 e. The zero-order valence-corrected chi connectivity index (χ0v) is 13.4. The van der Waals surface area contributed by atoms with Crippen LogP contribution in [0.5, 0.6) is 0 Å². The first kappa shape index (κ1) is 16.5. The van der Waals surface area contributed by atoms with Crippen LogP contribution < -0.4 is 4.90 Å². The number of hydrogen-bond donors (Lipinski definition) is 0. The largest absolute Gasteiger partial charge is 0.408 e. The van der Waals surface area contributed by atoms with Crippen molar-refractivity contribution in [3.05, 3.63) is 41.0 Å². The van der Waals surface area contributed by atoms with Gasteiger partial charge in [-0.05, 0) is 31.9 Å². The number of aromatic nitrogens is 3. The van der Waals surface area contributed by atoms with Crippen LogP contribution in [0.3, 0.4) is 0 Å². The van der Waals surface area contributed by atoms with E-state index in [4.69, 9.17) is 0 Å². The molecule has 1 amide bonds. The van der Waals surface area contributed by atoms with Crippen LogP contribution in [0.15, 0.2) is 18.5 Å². The lowest BCUT2D eigenvalue weighted by atomic mass is 10.1. The van der Waals surface area contributed by atoms with Gasteiger partial charge in [-0.1, -0.05) is 0 Å². The highest BCUT2D eigenvalue weighted by molar-refractivity contribution is 5.96. The molecule has 0 atom stereocenters. The van der Waals surface area contributed by atoms with Crippen LogP contribution in [0.4, 0.5) is 18.9 Å². The quantitative estimate of drug-likeness (QED) is 0.864. The second-order valence-electron chi connectivity index (χ2n) is 5.90. The Kier molecular flexibility index (Phi) is 4.06. The molecule has 0 aliphatic carbocycles. The van der Waals surface area contributed by atoms with E-state index in [0.717, 1.165) is 22.4 Å². The first-order valence-electron chi connectivity index (χ1n) is 7.59. The molecule has 0 aromatic carbocycles. The van der Waals surface area contributed by atoms with Gasteiger partial charge in [0.25, 0.3) is 0 Å².